The van der Waals surface area contributed by atoms with Crippen molar-refractivity contribution in [2.75, 3.05) is 38.2 Å². The van der Waals surface area contributed by atoms with E-state index in [1.807, 2.05) is 12.1 Å². The van der Waals surface area contributed by atoms with Crippen LogP contribution in [-0.4, -0.2) is 66.5 Å². The van der Waals surface area contributed by atoms with Gasteiger partial charge >= 0.3 is 0 Å². The predicted molar refractivity (Wildman–Crippen MR) is 163 cm³/mol. The fraction of sp³-hybridized carbons (Fsp3) is 0.800. The summed E-state index contributed by atoms with van der Waals surface area (Å²) in [6.45, 7) is 10.5. The Bertz CT molecular complexity index is 1070. The number of hydrogen-bond donors (Lipinski definition) is 2. The summed E-state index contributed by atoms with van der Waals surface area (Å²) in [5.74, 6) is 4.60. The van der Waals surface area contributed by atoms with Crippen molar-refractivity contribution in [2.45, 2.75) is 97.2 Å². The highest BCUT2D eigenvalue weighted by Gasteiger charge is 2.63. The number of hydrogen-bond acceptors (Lipinski definition) is 5. The number of anilines is 1. The first-order chi connectivity index (χ1) is 19.6. The Balaban J connectivity index is 1.04. The summed E-state index contributed by atoms with van der Waals surface area (Å²) in [5, 5.41) is 22.2. The Morgan fingerprint density at radius 3 is 2.41 bits per heavy atom. The summed E-state index contributed by atoms with van der Waals surface area (Å²) in [5.41, 5.74) is 1.43. The van der Waals surface area contributed by atoms with Gasteiger partial charge in [0, 0.05) is 38.3 Å². The molecule has 2 N–H and O–H groups in total. The van der Waals surface area contributed by atoms with Crippen LogP contribution in [0.4, 0.5) is 5.69 Å². The fourth-order valence-corrected chi connectivity index (χ4v) is 10.9. The second-order valence-electron chi connectivity index (χ2n) is 15.0. The van der Waals surface area contributed by atoms with E-state index in [0.29, 0.717) is 47.8 Å². The minimum atomic E-state index is -0.257. The lowest BCUT2D eigenvalue weighted by Gasteiger charge is -2.62. The number of amides is 1. The Hall–Kier alpha value is -1.79. The first-order valence-corrected chi connectivity index (χ1v) is 16.7. The Morgan fingerprint density at radius 2 is 1.71 bits per heavy atom. The highest BCUT2D eigenvalue weighted by atomic mass is 16.5. The van der Waals surface area contributed by atoms with Crippen molar-refractivity contribution in [3.63, 3.8) is 0 Å². The third-order valence-electron chi connectivity index (χ3n) is 13.4. The first kappa shape index (κ1) is 29.3. The van der Waals surface area contributed by atoms with E-state index in [2.05, 4.69) is 42.7 Å². The van der Waals surface area contributed by atoms with Crippen LogP contribution >= 0.6 is 0 Å². The maximum absolute atomic E-state index is 13.3. The average molecular weight is 567 g/mol. The maximum Gasteiger partial charge on any atom is 0.222 e. The van der Waals surface area contributed by atoms with E-state index >= 15 is 0 Å². The molecule has 228 valence electrons. The van der Waals surface area contributed by atoms with Gasteiger partial charge in [-0.15, -0.1) is 0 Å². The Labute approximate surface area is 247 Å². The molecule has 6 nitrogen and oxygen atoms in total. The van der Waals surface area contributed by atoms with Crippen LogP contribution in [0.2, 0.25) is 0 Å². The first-order valence-electron chi connectivity index (χ1n) is 16.7. The smallest absolute Gasteiger partial charge is 0.222 e. The van der Waals surface area contributed by atoms with Crippen LogP contribution in [0.3, 0.4) is 0 Å². The van der Waals surface area contributed by atoms with Crippen LogP contribution in [0.1, 0.15) is 85.0 Å². The van der Waals surface area contributed by atoms with Gasteiger partial charge in [0.2, 0.25) is 5.91 Å². The average Bonchev–Trinajstić information content (AvgIpc) is 3.35. The van der Waals surface area contributed by atoms with E-state index in [0.717, 1.165) is 64.0 Å². The van der Waals surface area contributed by atoms with Gasteiger partial charge in [-0.25, -0.2) is 0 Å². The zero-order valence-electron chi connectivity index (χ0n) is 25.9. The number of aliphatic hydroxyl groups excluding tert-OH is 2. The van der Waals surface area contributed by atoms with Crippen LogP contribution in [0, 0.1) is 46.3 Å². The molecule has 0 unspecified atom stereocenters. The number of carbonyl (C=O) groups excluding carboxylic acids is 1. The molecule has 1 heterocycles. The van der Waals surface area contributed by atoms with Crippen LogP contribution < -0.4 is 9.64 Å². The molecular formula is C35H54N2O4. The van der Waals surface area contributed by atoms with E-state index in [4.69, 9.17) is 4.74 Å². The van der Waals surface area contributed by atoms with Gasteiger partial charge in [0.25, 0.3) is 0 Å². The Kier molecular flexibility index (Phi) is 8.12. The summed E-state index contributed by atoms with van der Waals surface area (Å²) in [4.78, 5) is 17.7. The lowest BCUT2D eigenvalue weighted by molar-refractivity contribution is -0.175. The number of carbonyl (C=O) groups is 1. The molecule has 10 atom stereocenters. The largest absolute Gasteiger partial charge is 0.497 e. The molecular weight excluding hydrogens is 512 g/mol. The number of ether oxygens (including phenoxy) is 1. The molecule has 5 fully saturated rings. The monoisotopic (exact) mass is 566 g/mol. The van der Waals surface area contributed by atoms with Crippen molar-refractivity contribution in [3.05, 3.63) is 24.3 Å². The summed E-state index contributed by atoms with van der Waals surface area (Å²) in [6, 6.07) is 8.19. The van der Waals surface area contributed by atoms with Crippen LogP contribution in [0.15, 0.2) is 24.3 Å². The van der Waals surface area contributed by atoms with Gasteiger partial charge in [0.1, 0.15) is 5.75 Å². The molecule has 1 aromatic carbocycles. The van der Waals surface area contributed by atoms with Gasteiger partial charge in [-0.1, -0.05) is 20.8 Å². The van der Waals surface area contributed by atoms with Crippen molar-refractivity contribution >= 4 is 11.6 Å². The summed E-state index contributed by atoms with van der Waals surface area (Å²) in [6.07, 6.45) is 10.0. The molecule has 4 aliphatic carbocycles. The number of fused-ring (bicyclic) bond motifs is 5. The number of nitrogens with zero attached hydrogens (tertiary/aromatic N) is 2. The highest BCUT2D eigenvalue weighted by molar-refractivity contribution is 5.76. The van der Waals surface area contributed by atoms with Crippen molar-refractivity contribution in [1.82, 2.24) is 4.90 Å². The third kappa shape index (κ3) is 5.09. The Morgan fingerprint density at radius 1 is 0.976 bits per heavy atom. The number of rotatable bonds is 6. The third-order valence-corrected chi connectivity index (χ3v) is 13.4. The minimum Gasteiger partial charge on any atom is -0.497 e. The molecule has 1 saturated heterocycles. The van der Waals surface area contributed by atoms with E-state index < -0.39 is 0 Å². The van der Waals surface area contributed by atoms with Gasteiger partial charge in [-0.05, 0) is 128 Å². The maximum atomic E-state index is 13.3. The predicted octanol–water partition coefficient (Wildman–Crippen LogP) is 5.75. The topological polar surface area (TPSA) is 73.2 Å². The standard InChI is InChI=1S/C35H54N2O4/c1-23(5-14-33(40)37-19-17-36(18-20-37)25-7-9-27(41-4)10-8-25)29-12-13-30-28-11-6-24-21-26(38)15-16-34(24,2)31(28)22-32(39)35(29,30)3/h7-10,23-24,26,28-32,38-39H,5-6,11-22H2,1-4H3/t23-,24-,26-,28+,29-,30+,31+,32+,34+,35-/m1/s1. The molecule has 1 amide bonds. The zero-order chi connectivity index (χ0) is 28.9. The lowest BCUT2D eigenvalue weighted by atomic mass is 9.43. The summed E-state index contributed by atoms with van der Waals surface area (Å²) < 4.78 is 5.29. The van der Waals surface area contributed by atoms with E-state index in [1.54, 1.807) is 7.11 Å². The molecule has 0 radical (unpaired) electrons. The van der Waals surface area contributed by atoms with Crippen molar-refractivity contribution in [1.29, 1.82) is 0 Å². The molecule has 4 saturated carbocycles. The van der Waals surface area contributed by atoms with Gasteiger partial charge in [-0.3, -0.25) is 4.79 Å². The second-order valence-corrected chi connectivity index (χ2v) is 15.0. The highest BCUT2D eigenvalue weighted by Crippen LogP contribution is 2.68. The number of aliphatic hydroxyl groups is 2. The number of methoxy groups -OCH3 is 1. The second kappa shape index (κ2) is 11.4. The van der Waals surface area contributed by atoms with Crippen molar-refractivity contribution in [2.24, 2.45) is 46.3 Å². The summed E-state index contributed by atoms with van der Waals surface area (Å²) in [7, 11) is 1.69. The zero-order valence-corrected chi connectivity index (χ0v) is 25.9. The van der Waals surface area contributed by atoms with E-state index in [9.17, 15) is 15.0 Å². The van der Waals surface area contributed by atoms with Crippen LogP contribution in [0.5, 0.6) is 5.75 Å². The van der Waals surface area contributed by atoms with Gasteiger partial charge in [0.15, 0.2) is 0 Å². The molecule has 0 bridgehead atoms. The van der Waals surface area contributed by atoms with Crippen LogP contribution in [-0.2, 0) is 4.79 Å². The summed E-state index contributed by atoms with van der Waals surface area (Å²) >= 11 is 0. The molecule has 0 aromatic heterocycles. The quantitative estimate of drug-likeness (QED) is 0.459. The van der Waals surface area contributed by atoms with Crippen LogP contribution in [0.25, 0.3) is 0 Å². The minimum absolute atomic E-state index is 0.0367. The molecule has 5 aliphatic rings. The number of benzene rings is 1. The van der Waals surface area contributed by atoms with E-state index in [-0.39, 0.29) is 23.0 Å². The molecule has 1 aromatic rings. The molecule has 6 heteroatoms. The van der Waals surface area contributed by atoms with Crippen molar-refractivity contribution < 1.29 is 19.7 Å². The molecule has 6 rings (SSSR count). The molecule has 1 aliphatic heterocycles. The number of piperazine rings is 1. The van der Waals surface area contributed by atoms with Gasteiger partial charge in [-0.2, -0.15) is 0 Å². The SMILES string of the molecule is COc1ccc(N2CCN(C(=O)CC[C@@H](C)[C@H]3CC[C@H]4[C@@H]5CC[C@@H]6C[C@H](O)CC[C@]6(C)[C@H]5C[C@H](O)[C@]34C)CC2)cc1. The van der Waals surface area contributed by atoms with Crippen molar-refractivity contribution in [3.8, 4) is 5.75 Å². The lowest BCUT2D eigenvalue weighted by Crippen LogP contribution is -2.58. The normalized spacial score (nSPS) is 41.3. The fourth-order valence-electron chi connectivity index (χ4n) is 10.9. The van der Waals surface area contributed by atoms with Gasteiger partial charge in [0.05, 0.1) is 19.3 Å². The molecule has 41 heavy (non-hydrogen) atoms. The van der Waals surface area contributed by atoms with Gasteiger partial charge < -0.3 is 24.7 Å². The molecule has 0 spiro atoms. The van der Waals surface area contributed by atoms with E-state index in [1.165, 1.54) is 31.4 Å².